The van der Waals surface area contributed by atoms with Gasteiger partial charge < -0.3 is 10.1 Å². The van der Waals surface area contributed by atoms with Crippen LogP contribution in [0.25, 0.3) is 0 Å². The van der Waals surface area contributed by atoms with E-state index in [2.05, 4.69) is 43.4 Å². The zero-order valence-electron chi connectivity index (χ0n) is 12.3. The third-order valence-corrected chi connectivity index (χ3v) is 4.01. The second-order valence-corrected chi connectivity index (χ2v) is 5.50. The maximum absolute atomic E-state index is 5.65. The molecule has 1 unspecified atom stereocenters. The van der Waals surface area contributed by atoms with E-state index in [0.717, 1.165) is 31.2 Å². The van der Waals surface area contributed by atoms with Crippen LogP contribution in [-0.4, -0.2) is 13.2 Å². The Balaban J connectivity index is 2.03. The molecular formula is C17H27NO. The van der Waals surface area contributed by atoms with Gasteiger partial charge in [-0.05, 0) is 49.4 Å². The van der Waals surface area contributed by atoms with E-state index in [9.17, 15) is 0 Å². The maximum atomic E-state index is 5.65. The fraction of sp³-hybridized carbons (Fsp3) is 0.647. The van der Waals surface area contributed by atoms with Gasteiger partial charge in [0, 0.05) is 6.04 Å². The van der Waals surface area contributed by atoms with Crippen molar-refractivity contribution in [2.24, 2.45) is 5.92 Å². The van der Waals surface area contributed by atoms with E-state index in [-0.39, 0.29) is 0 Å². The van der Waals surface area contributed by atoms with Gasteiger partial charge in [-0.3, -0.25) is 0 Å². The standard InChI is InChI=1S/C17H27NO/c1-3-13-19-16-11-9-15(10-12-16)17(18-4-2)14-7-5-6-8-14/h9-12,14,17-18H,3-8,13H2,1-2H3. The Labute approximate surface area is 117 Å². The van der Waals surface area contributed by atoms with Crippen molar-refractivity contribution >= 4 is 0 Å². The number of nitrogens with one attached hydrogen (secondary N) is 1. The third kappa shape index (κ3) is 3.97. The molecule has 0 amide bonds. The van der Waals surface area contributed by atoms with Crippen molar-refractivity contribution in [1.82, 2.24) is 5.32 Å². The van der Waals surface area contributed by atoms with Crippen LogP contribution in [-0.2, 0) is 0 Å². The van der Waals surface area contributed by atoms with E-state index in [1.165, 1.54) is 31.2 Å². The van der Waals surface area contributed by atoms with Gasteiger partial charge in [-0.25, -0.2) is 0 Å². The highest BCUT2D eigenvalue weighted by atomic mass is 16.5. The highest BCUT2D eigenvalue weighted by Crippen LogP contribution is 2.36. The summed E-state index contributed by atoms with van der Waals surface area (Å²) in [4.78, 5) is 0. The van der Waals surface area contributed by atoms with Gasteiger partial charge in [-0.15, -0.1) is 0 Å². The first-order valence-electron chi connectivity index (χ1n) is 7.81. The highest BCUT2D eigenvalue weighted by molar-refractivity contribution is 5.29. The van der Waals surface area contributed by atoms with Crippen molar-refractivity contribution in [2.45, 2.75) is 52.0 Å². The highest BCUT2D eigenvalue weighted by Gasteiger charge is 2.25. The van der Waals surface area contributed by atoms with Crippen LogP contribution in [0.5, 0.6) is 5.75 Å². The largest absolute Gasteiger partial charge is 0.494 e. The van der Waals surface area contributed by atoms with Crippen LogP contribution >= 0.6 is 0 Å². The van der Waals surface area contributed by atoms with Crippen molar-refractivity contribution in [1.29, 1.82) is 0 Å². The van der Waals surface area contributed by atoms with Crippen LogP contribution in [0.3, 0.4) is 0 Å². The van der Waals surface area contributed by atoms with Crippen LogP contribution in [0, 0.1) is 5.92 Å². The molecule has 1 atom stereocenters. The van der Waals surface area contributed by atoms with Gasteiger partial charge in [0.15, 0.2) is 0 Å². The Morgan fingerprint density at radius 1 is 1.16 bits per heavy atom. The fourth-order valence-electron chi connectivity index (χ4n) is 3.06. The van der Waals surface area contributed by atoms with E-state index >= 15 is 0 Å². The average Bonchev–Trinajstić information content (AvgIpc) is 2.97. The van der Waals surface area contributed by atoms with Crippen molar-refractivity contribution < 1.29 is 4.74 Å². The summed E-state index contributed by atoms with van der Waals surface area (Å²) in [6.07, 6.45) is 6.58. The minimum atomic E-state index is 0.521. The van der Waals surface area contributed by atoms with Gasteiger partial charge in [0.2, 0.25) is 0 Å². The topological polar surface area (TPSA) is 21.3 Å². The van der Waals surface area contributed by atoms with Crippen LogP contribution in [0.2, 0.25) is 0 Å². The summed E-state index contributed by atoms with van der Waals surface area (Å²) >= 11 is 0. The lowest BCUT2D eigenvalue weighted by Gasteiger charge is -2.25. The molecule has 2 heteroatoms. The molecule has 0 spiro atoms. The van der Waals surface area contributed by atoms with E-state index in [0.29, 0.717) is 6.04 Å². The Bertz CT molecular complexity index is 354. The molecular weight excluding hydrogens is 234 g/mol. The molecule has 0 aromatic heterocycles. The molecule has 1 N–H and O–H groups in total. The van der Waals surface area contributed by atoms with Gasteiger partial charge in [-0.2, -0.15) is 0 Å². The second-order valence-electron chi connectivity index (χ2n) is 5.50. The molecule has 0 bridgehead atoms. The number of hydrogen-bond acceptors (Lipinski definition) is 2. The number of rotatable bonds is 7. The smallest absolute Gasteiger partial charge is 0.119 e. The molecule has 1 aliphatic rings. The summed E-state index contributed by atoms with van der Waals surface area (Å²) in [5.41, 5.74) is 1.41. The van der Waals surface area contributed by atoms with Crippen LogP contribution < -0.4 is 10.1 Å². The van der Waals surface area contributed by atoms with Crippen LogP contribution in [0.4, 0.5) is 0 Å². The molecule has 1 aliphatic carbocycles. The predicted molar refractivity (Wildman–Crippen MR) is 80.6 cm³/mol. The van der Waals surface area contributed by atoms with Gasteiger partial charge >= 0.3 is 0 Å². The van der Waals surface area contributed by atoms with Crippen LogP contribution in [0.1, 0.15) is 57.6 Å². The van der Waals surface area contributed by atoms with Crippen molar-refractivity contribution in [3.05, 3.63) is 29.8 Å². The zero-order valence-corrected chi connectivity index (χ0v) is 12.3. The lowest BCUT2D eigenvalue weighted by atomic mass is 9.91. The van der Waals surface area contributed by atoms with Gasteiger partial charge in [0.1, 0.15) is 5.75 Å². The first-order valence-corrected chi connectivity index (χ1v) is 7.81. The van der Waals surface area contributed by atoms with Crippen molar-refractivity contribution in [3.63, 3.8) is 0 Å². The molecule has 1 saturated carbocycles. The Hall–Kier alpha value is -1.02. The van der Waals surface area contributed by atoms with Crippen LogP contribution in [0.15, 0.2) is 24.3 Å². The second kappa shape index (κ2) is 7.54. The molecule has 1 fully saturated rings. The number of hydrogen-bond donors (Lipinski definition) is 1. The molecule has 106 valence electrons. The maximum Gasteiger partial charge on any atom is 0.119 e. The summed E-state index contributed by atoms with van der Waals surface area (Å²) < 4.78 is 5.65. The molecule has 0 aliphatic heterocycles. The molecule has 0 radical (unpaired) electrons. The molecule has 0 saturated heterocycles. The van der Waals surface area contributed by atoms with E-state index < -0.39 is 0 Å². The molecule has 1 aromatic carbocycles. The summed E-state index contributed by atoms with van der Waals surface area (Å²) in [5.74, 6) is 1.80. The van der Waals surface area contributed by atoms with E-state index in [1.807, 2.05) is 0 Å². The number of ether oxygens (including phenoxy) is 1. The quantitative estimate of drug-likeness (QED) is 0.789. The number of benzene rings is 1. The molecule has 0 heterocycles. The predicted octanol–water partition coefficient (Wildman–Crippen LogP) is 4.32. The Morgan fingerprint density at radius 2 is 1.84 bits per heavy atom. The van der Waals surface area contributed by atoms with Gasteiger partial charge in [-0.1, -0.05) is 38.8 Å². The van der Waals surface area contributed by atoms with Gasteiger partial charge in [0.25, 0.3) is 0 Å². The lowest BCUT2D eigenvalue weighted by Crippen LogP contribution is -2.26. The third-order valence-electron chi connectivity index (χ3n) is 4.01. The Kier molecular flexibility index (Phi) is 5.71. The van der Waals surface area contributed by atoms with Gasteiger partial charge in [0.05, 0.1) is 6.61 Å². The SMILES string of the molecule is CCCOc1ccc(C(NCC)C2CCCC2)cc1. The molecule has 2 rings (SSSR count). The minimum Gasteiger partial charge on any atom is -0.494 e. The normalized spacial score (nSPS) is 17.6. The van der Waals surface area contributed by atoms with Crippen molar-refractivity contribution in [3.8, 4) is 5.75 Å². The fourth-order valence-corrected chi connectivity index (χ4v) is 3.06. The first kappa shape index (κ1) is 14.4. The zero-order chi connectivity index (χ0) is 13.5. The minimum absolute atomic E-state index is 0.521. The van der Waals surface area contributed by atoms with E-state index in [4.69, 9.17) is 4.74 Å². The molecule has 2 nitrogen and oxygen atoms in total. The lowest BCUT2D eigenvalue weighted by molar-refractivity contribution is 0.317. The van der Waals surface area contributed by atoms with Crippen molar-refractivity contribution in [2.75, 3.05) is 13.2 Å². The summed E-state index contributed by atoms with van der Waals surface area (Å²) in [7, 11) is 0. The summed E-state index contributed by atoms with van der Waals surface area (Å²) in [6, 6.07) is 9.22. The Morgan fingerprint density at radius 3 is 2.42 bits per heavy atom. The molecule has 19 heavy (non-hydrogen) atoms. The summed E-state index contributed by atoms with van der Waals surface area (Å²) in [5, 5.41) is 3.66. The first-order chi connectivity index (χ1) is 9.35. The monoisotopic (exact) mass is 261 g/mol. The van der Waals surface area contributed by atoms with E-state index in [1.54, 1.807) is 0 Å². The molecule has 1 aromatic rings. The summed E-state index contributed by atoms with van der Waals surface area (Å²) in [6.45, 7) is 6.17. The average molecular weight is 261 g/mol.